The van der Waals surface area contributed by atoms with E-state index in [4.69, 9.17) is 16.1 Å². The van der Waals surface area contributed by atoms with E-state index in [1.165, 1.54) is 36.1 Å². The van der Waals surface area contributed by atoms with Crippen molar-refractivity contribution in [2.75, 3.05) is 23.3 Å². The first-order valence-corrected chi connectivity index (χ1v) is 10.6. The Labute approximate surface area is 190 Å². The lowest BCUT2D eigenvalue weighted by Crippen LogP contribution is -2.64. The van der Waals surface area contributed by atoms with Gasteiger partial charge >= 0.3 is 12.4 Å². The largest absolute Gasteiger partial charge is 0.423 e. The van der Waals surface area contributed by atoms with Crippen LogP contribution in [0.2, 0.25) is 5.02 Å². The third-order valence-corrected chi connectivity index (χ3v) is 6.59. The maximum atomic E-state index is 13.3. The Bertz CT molecular complexity index is 1020. The van der Waals surface area contributed by atoms with Gasteiger partial charge in [-0.2, -0.15) is 26.3 Å². The van der Waals surface area contributed by atoms with Crippen LogP contribution in [0.25, 0.3) is 0 Å². The SMILES string of the molecule is Cc1onc(N2CC3(CC([C@@H](CC(F)(F)F)C(=O)Nc4ccc(Cl)cc4)C3)C2)c1C(F)(F)F. The first kappa shape index (κ1) is 23.7. The second-order valence-electron chi connectivity index (χ2n) is 8.88. The van der Waals surface area contributed by atoms with Crippen LogP contribution in [-0.2, 0) is 11.0 Å². The molecule has 4 rings (SSSR count). The van der Waals surface area contributed by atoms with Crippen LogP contribution in [0, 0.1) is 24.2 Å². The lowest BCUT2D eigenvalue weighted by Gasteiger charge is -2.60. The van der Waals surface area contributed by atoms with Gasteiger partial charge in [0, 0.05) is 35.1 Å². The third kappa shape index (κ3) is 4.92. The number of nitrogens with zero attached hydrogens (tertiary/aromatic N) is 2. The van der Waals surface area contributed by atoms with E-state index in [-0.39, 0.29) is 24.7 Å². The summed E-state index contributed by atoms with van der Waals surface area (Å²) in [5.41, 5.74) is -1.03. The molecule has 0 radical (unpaired) electrons. The summed E-state index contributed by atoms with van der Waals surface area (Å²) in [6, 6.07) is 6.01. The van der Waals surface area contributed by atoms with Gasteiger partial charge in [0.1, 0.15) is 11.3 Å². The molecular weight excluding hydrogens is 476 g/mol. The van der Waals surface area contributed by atoms with Crippen molar-refractivity contribution in [2.24, 2.45) is 17.3 Å². The van der Waals surface area contributed by atoms with Gasteiger partial charge in [-0.3, -0.25) is 4.79 Å². The lowest BCUT2D eigenvalue weighted by molar-refractivity contribution is -0.164. The Hall–Kier alpha value is -2.43. The molecule has 1 amide bonds. The molecule has 2 aromatic rings. The second kappa shape index (κ2) is 8.11. The highest BCUT2D eigenvalue weighted by atomic mass is 35.5. The molecule has 1 aliphatic carbocycles. The molecule has 1 aliphatic heterocycles. The molecule has 1 saturated carbocycles. The number of benzene rings is 1. The molecule has 0 bridgehead atoms. The van der Waals surface area contributed by atoms with E-state index in [0.29, 0.717) is 23.6 Å². The van der Waals surface area contributed by atoms with E-state index >= 15 is 0 Å². The summed E-state index contributed by atoms with van der Waals surface area (Å²) < 4.78 is 84.1. The van der Waals surface area contributed by atoms with Crippen LogP contribution in [0.4, 0.5) is 37.8 Å². The van der Waals surface area contributed by atoms with Gasteiger partial charge < -0.3 is 14.7 Å². The summed E-state index contributed by atoms with van der Waals surface area (Å²) in [5, 5.41) is 6.45. The van der Waals surface area contributed by atoms with Crippen molar-refractivity contribution in [3.63, 3.8) is 0 Å². The highest BCUT2D eigenvalue weighted by Crippen LogP contribution is 2.57. The number of nitrogens with one attached hydrogen (secondary N) is 1. The van der Waals surface area contributed by atoms with Crippen molar-refractivity contribution in [2.45, 2.75) is 38.5 Å². The van der Waals surface area contributed by atoms with Crippen molar-refractivity contribution in [1.29, 1.82) is 0 Å². The average molecular weight is 496 g/mol. The summed E-state index contributed by atoms with van der Waals surface area (Å²) in [4.78, 5) is 14.1. The van der Waals surface area contributed by atoms with Crippen LogP contribution < -0.4 is 10.2 Å². The summed E-state index contributed by atoms with van der Waals surface area (Å²) in [6.45, 7) is 1.61. The number of hydrogen-bond donors (Lipinski definition) is 1. The molecule has 2 heterocycles. The first-order valence-electron chi connectivity index (χ1n) is 10.2. The number of hydrogen-bond acceptors (Lipinski definition) is 4. The molecule has 180 valence electrons. The van der Waals surface area contributed by atoms with Gasteiger partial charge in [0.25, 0.3) is 0 Å². The topological polar surface area (TPSA) is 58.4 Å². The zero-order valence-electron chi connectivity index (χ0n) is 17.4. The summed E-state index contributed by atoms with van der Waals surface area (Å²) >= 11 is 5.79. The number of rotatable bonds is 5. The minimum atomic E-state index is -4.62. The average Bonchev–Trinajstić information content (AvgIpc) is 3.01. The molecule has 1 aromatic heterocycles. The van der Waals surface area contributed by atoms with Gasteiger partial charge in [-0.1, -0.05) is 16.8 Å². The van der Waals surface area contributed by atoms with E-state index in [0.717, 1.165) is 0 Å². The molecule has 33 heavy (non-hydrogen) atoms. The summed E-state index contributed by atoms with van der Waals surface area (Å²) in [7, 11) is 0. The molecule has 1 aromatic carbocycles. The number of aryl methyl sites for hydroxylation is 1. The minimum absolute atomic E-state index is 0.218. The fourth-order valence-corrected chi connectivity index (χ4v) is 5.03. The monoisotopic (exact) mass is 495 g/mol. The van der Waals surface area contributed by atoms with Gasteiger partial charge in [-0.15, -0.1) is 0 Å². The summed E-state index contributed by atoms with van der Waals surface area (Å²) in [6.07, 6.45) is -9.79. The van der Waals surface area contributed by atoms with Crippen LogP contribution in [0.15, 0.2) is 28.8 Å². The number of alkyl halides is 6. The van der Waals surface area contributed by atoms with Crippen LogP contribution in [0.1, 0.15) is 30.6 Å². The van der Waals surface area contributed by atoms with Gasteiger partial charge in [0.15, 0.2) is 5.82 Å². The number of carbonyl (C=O) groups is 1. The zero-order valence-corrected chi connectivity index (χ0v) is 18.1. The molecule has 0 unspecified atom stereocenters. The van der Waals surface area contributed by atoms with Crippen molar-refractivity contribution in [3.8, 4) is 0 Å². The fraction of sp³-hybridized carbons (Fsp3) is 0.524. The van der Waals surface area contributed by atoms with Crippen molar-refractivity contribution < 1.29 is 35.7 Å². The van der Waals surface area contributed by atoms with E-state index in [2.05, 4.69) is 10.5 Å². The zero-order chi connectivity index (χ0) is 24.2. The normalized spacial score (nSPS) is 19.2. The van der Waals surface area contributed by atoms with Crippen molar-refractivity contribution in [1.82, 2.24) is 5.16 Å². The number of carbonyl (C=O) groups excluding carboxylic acids is 1. The fourth-order valence-electron chi connectivity index (χ4n) is 4.90. The number of aromatic nitrogens is 1. The third-order valence-electron chi connectivity index (χ3n) is 6.34. The smallest absolute Gasteiger partial charge is 0.359 e. The van der Waals surface area contributed by atoms with Crippen LogP contribution in [0.5, 0.6) is 0 Å². The van der Waals surface area contributed by atoms with Crippen molar-refractivity contribution in [3.05, 3.63) is 40.6 Å². The Morgan fingerprint density at radius 2 is 1.82 bits per heavy atom. The van der Waals surface area contributed by atoms with Crippen LogP contribution in [-0.4, -0.2) is 30.3 Å². The Morgan fingerprint density at radius 1 is 1.21 bits per heavy atom. The van der Waals surface area contributed by atoms with Crippen LogP contribution in [0.3, 0.4) is 0 Å². The molecule has 1 N–H and O–H groups in total. The van der Waals surface area contributed by atoms with Crippen LogP contribution >= 0.6 is 11.6 Å². The number of anilines is 2. The number of halogens is 7. The van der Waals surface area contributed by atoms with E-state index in [1.54, 1.807) is 0 Å². The molecular formula is C21H20ClF6N3O2. The van der Waals surface area contributed by atoms with Crippen molar-refractivity contribution >= 4 is 29.0 Å². The Morgan fingerprint density at radius 3 is 2.36 bits per heavy atom. The van der Waals surface area contributed by atoms with Gasteiger partial charge in [0.05, 0.1) is 6.42 Å². The Balaban J connectivity index is 1.41. The van der Waals surface area contributed by atoms with E-state index < -0.39 is 47.5 Å². The van der Waals surface area contributed by atoms with E-state index in [1.807, 2.05) is 0 Å². The molecule has 5 nitrogen and oxygen atoms in total. The minimum Gasteiger partial charge on any atom is -0.359 e. The van der Waals surface area contributed by atoms with E-state index in [9.17, 15) is 31.1 Å². The highest BCUT2D eigenvalue weighted by Gasteiger charge is 2.58. The van der Waals surface area contributed by atoms with Gasteiger partial charge in [-0.05, 0) is 49.9 Å². The standard InChI is InChI=1S/C21H20ClF6N3O2/c1-11-16(21(26,27)28)17(30-33-11)31-9-19(10-31)6-12(7-19)15(8-20(23,24)25)18(32)29-14-4-2-13(22)3-5-14/h2-5,12,15H,6-10H2,1H3,(H,29,32)/t15-/m1/s1. The molecule has 1 saturated heterocycles. The molecule has 1 atom stereocenters. The Kier molecular flexibility index (Phi) is 5.83. The molecule has 2 aliphatic rings. The lowest BCUT2D eigenvalue weighted by atomic mass is 9.54. The molecule has 12 heteroatoms. The maximum absolute atomic E-state index is 13.3. The predicted octanol–water partition coefficient (Wildman–Crippen LogP) is 6.08. The summed E-state index contributed by atoms with van der Waals surface area (Å²) in [5.74, 6) is -3.20. The molecule has 2 fully saturated rings. The first-order chi connectivity index (χ1) is 15.3. The number of amides is 1. The van der Waals surface area contributed by atoms with Gasteiger partial charge in [-0.25, -0.2) is 0 Å². The molecule has 1 spiro atoms. The maximum Gasteiger partial charge on any atom is 0.423 e. The van der Waals surface area contributed by atoms with Gasteiger partial charge in [0.2, 0.25) is 5.91 Å². The quantitative estimate of drug-likeness (QED) is 0.511. The second-order valence-corrected chi connectivity index (χ2v) is 9.32. The highest BCUT2D eigenvalue weighted by molar-refractivity contribution is 6.30. The predicted molar refractivity (Wildman–Crippen MR) is 108 cm³/mol.